The Hall–Kier alpha value is -2.81. The molecule has 3 rings (SSSR count). The van der Waals surface area contributed by atoms with Gasteiger partial charge in [0, 0.05) is 24.4 Å². The predicted octanol–water partition coefficient (Wildman–Crippen LogP) is 4.25. The molecule has 0 saturated heterocycles. The Bertz CT molecular complexity index is 763. The molecule has 0 amide bonds. The highest BCUT2D eigenvalue weighted by Crippen LogP contribution is 2.34. The average Bonchev–Trinajstić information content (AvgIpc) is 2.64. The fourth-order valence-electron chi connectivity index (χ4n) is 3.05. The number of hydrogen-bond donors (Lipinski definition) is 0. The van der Waals surface area contributed by atoms with Gasteiger partial charge in [-0.3, -0.25) is 0 Å². The summed E-state index contributed by atoms with van der Waals surface area (Å²) in [5.74, 6) is -0.352. The first kappa shape index (κ1) is 16.1. The molecule has 0 N–H and O–H groups in total. The van der Waals surface area contributed by atoms with Crippen molar-refractivity contribution in [2.75, 3.05) is 7.11 Å². The Labute approximate surface area is 142 Å². The molecule has 1 atom stereocenters. The number of esters is 1. The topological polar surface area (TPSA) is 29.5 Å². The van der Waals surface area contributed by atoms with E-state index in [1.807, 2.05) is 55.5 Å². The van der Waals surface area contributed by atoms with Crippen LogP contribution in [-0.2, 0) is 16.1 Å². The minimum Gasteiger partial charge on any atom is -0.466 e. The van der Waals surface area contributed by atoms with Crippen LogP contribution in [0.4, 0.5) is 0 Å². The number of benzene rings is 2. The fraction of sp³-hybridized carbons (Fsp3) is 0.190. The number of ether oxygens (including phenoxy) is 1. The first-order valence-electron chi connectivity index (χ1n) is 8.03. The Morgan fingerprint density at radius 2 is 1.67 bits per heavy atom. The summed E-state index contributed by atoms with van der Waals surface area (Å²) < 4.78 is 5.05. The van der Waals surface area contributed by atoms with Crippen molar-refractivity contribution in [1.82, 2.24) is 4.90 Å². The van der Waals surface area contributed by atoms with Gasteiger partial charge in [-0.15, -0.1) is 0 Å². The summed E-state index contributed by atoms with van der Waals surface area (Å²) in [4.78, 5) is 14.5. The Balaban J connectivity index is 1.95. The highest BCUT2D eigenvalue weighted by Gasteiger charge is 2.28. The van der Waals surface area contributed by atoms with Crippen molar-refractivity contribution in [2.45, 2.75) is 19.4 Å². The molecule has 1 unspecified atom stereocenters. The molecule has 0 bridgehead atoms. The summed E-state index contributed by atoms with van der Waals surface area (Å²) >= 11 is 0. The largest absolute Gasteiger partial charge is 0.466 e. The van der Waals surface area contributed by atoms with Crippen molar-refractivity contribution in [3.63, 3.8) is 0 Å². The maximum Gasteiger partial charge on any atom is 0.336 e. The van der Waals surface area contributed by atoms with Gasteiger partial charge in [0.1, 0.15) is 0 Å². The van der Waals surface area contributed by atoms with Crippen LogP contribution in [0, 0.1) is 0 Å². The van der Waals surface area contributed by atoms with Crippen LogP contribution in [0.2, 0.25) is 0 Å². The Morgan fingerprint density at radius 3 is 2.29 bits per heavy atom. The molecule has 0 radical (unpaired) electrons. The smallest absolute Gasteiger partial charge is 0.336 e. The third-order valence-electron chi connectivity index (χ3n) is 4.35. The second-order valence-electron chi connectivity index (χ2n) is 5.83. The molecule has 1 aliphatic heterocycles. The third-order valence-corrected chi connectivity index (χ3v) is 4.35. The van der Waals surface area contributed by atoms with Gasteiger partial charge in [0.2, 0.25) is 0 Å². The fourth-order valence-corrected chi connectivity index (χ4v) is 3.05. The van der Waals surface area contributed by atoms with E-state index < -0.39 is 0 Å². The summed E-state index contributed by atoms with van der Waals surface area (Å²) in [6.07, 6.45) is 4.13. The zero-order valence-electron chi connectivity index (χ0n) is 14.0. The molecule has 3 nitrogen and oxygen atoms in total. The number of allylic oxidation sites excluding steroid dienone is 2. The van der Waals surface area contributed by atoms with Crippen LogP contribution in [0.1, 0.15) is 24.0 Å². The van der Waals surface area contributed by atoms with E-state index in [4.69, 9.17) is 4.74 Å². The van der Waals surface area contributed by atoms with E-state index in [1.165, 1.54) is 12.7 Å². The zero-order valence-corrected chi connectivity index (χ0v) is 14.0. The lowest BCUT2D eigenvalue weighted by Crippen LogP contribution is -2.26. The maximum absolute atomic E-state index is 12.4. The van der Waals surface area contributed by atoms with Gasteiger partial charge in [0.15, 0.2) is 0 Å². The normalized spacial score (nSPS) is 17.1. The van der Waals surface area contributed by atoms with Crippen molar-refractivity contribution in [3.05, 3.63) is 95.3 Å². The monoisotopic (exact) mass is 319 g/mol. The Kier molecular flexibility index (Phi) is 4.80. The minimum atomic E-state index is -0.274. The first-order chi connectivity index (χ1) is 11.7. The van der Waals surface area contributed by atoms with Gasteiger partial charge in [-0.2, -0.15) is 0 Å². The minimum absolute atomic E-state index is 0.0781. The summed E-state index contributed by atoms with van der Waals surface area (Å²) in [6, 6.07) is 20.3. The highest BCUT2D eigenvalue weighted by molar-refractivity contribution is 5.91. The molecule has 0 saturated carbocycles. The van der Waals surface area contributed by atoms with Gasteiger partial charge in [0.05, 0.1) is 12.7 Å². The first-order valence-corrected chi connectivity index (χ1v) is 8.03. The molecule has 122 valence electrons. The summed E-state index contributed by atoms with van der Waals surface area (Å²) in [5.41, 5.74) is 3.92. The number of methoxy groups -OCH3 is 1. The molecule has 1 heterocycles. The van der Waals surface area contributed by atoms with Crippen molar-refractivity contribution >= 4 is 5.97 Å². The molecule has 2 aromatic carbocycles. The number of rotatable bonds is 4. The van der Waals surface area contributed by atoms with Gasteiger partial charge in [-0.1, -0.05) is 66.7 Å². The van der Waals surface area contributed by atoms with Crippen LogP contribution in [0.3, 0.4) is 0 Å². The molecule has 3 heteroatoms. The number of hydrogen-bond acceptors (Lipinski definition) is 3. The molecular weight excluding hydrogens is 298 g/mol. The second kappa shape index (κ2) is 7.18. The van der Waals surface area contributed by atoms with Crippen molar-refractivity contribution in [3.8, 4) is 0 Å². The SMILES string of the molecule is COC(=O)C1=C(C)N(Cc2ccccc2)C=CC1c1ccccc1. The lowest BCUT2D eigenvalue weighted by molar-refractivity contribution is -0.136. The lowest BCUT2D eigenvalue weighted by atomic mass is 9.87. The van der Waals surface area contributed by atoms with E-state index in [0.717, 1.165) is 17.8 Å². The van der Waals surface area contributed by atoms with Gasteiger partial charge in [0.25, 0.3) is 0 Å². The van der Waals surface area contributed by atoms with E-state index in [1.54, 1.807) is 0 Å². The average molecular weight is 319 g/mol. The van der Waals surface area contributed by atoms with Crippen LogP contribution >= 0.6 is 0 Å². The van der Waals surface area contributed by atoms with Crippen molar-refractivity contribution in [1.29, 1.82) is 0 Å². The summed E-state index contributed by atoms with van der Waals surface area (Å²) in [6.45, 7) is 2.71. The van der Waals surface area contributed by atoms with Gasteiger partial charge in [-0.05, 0) is 18.1 Å². The predicted molar refractivity (Wildman–Crippen MR) is 95.0 cm³/mol. The molecule has 0 aliphatic carbocycles. The van der Waals surface area contributed by atoms with Crippen molar-refractivity contribution in [2.24, 2.45) is 0 Å². The molecular formula is C21H21NO2. The van der Waals surface area contributed by atoms with Crippen LogP contribution in [0.5, 0.6) is 0 Å². The number of carbonyl (C=O) groups excluding carboxylic acids is 1. The standard InChI is InChI=1S/C21H21NO2/c1-16-20(21(23)24-2)19(18-11-7-4-8-12-18)13-14-22(16)15-17-9-5-3-6-10-17/h3-14,19H,15H2,1-2H3. The summed E-state index contributed by atoms with van der Waals surface area (Å²) in [5, 5.41) is 0. The summed E-state index contributed by atoms with van der Waals surface area (Å²) in [7, 11) is 1.44. The molecule has 1 aliphatic rings. The molecule has 24 heavy (non-hydrogen) atoms. The zero-order chi connectivity index (χ0) is 16.9. The van der Waals surface area contributed by atoms with Crippen LogP contribution in [-0.4, -0.2) is 18.0 Å². The van der Waals surface area contributed by atoms with Crippen LogP contribution in [0.15, 0.2) is 84.2 Å². The third kappa shape index (κ3) is 3.25. The lowest BCUT2D eigenvalue weighted by Gasteiger charge is -2.31. The number of nitrogens with zero attached hydrogens (tertiary/aromatic N) is 1. The van der Waals surface area contributed by atoms with Crippen LogP contribution in [0.25, 0.3) is 0 Å². The van der Waals surface area contributed by atoms with E-state index in [9.17, 15) is 4.79 Å². The van der Waals surface area contributed by atoms with Gasteiger partial charge in [-0.25, -0.2) is 4.79 Å². The number of carbonyl (C=O) groups is 1. The molecule has 2 aromatic rings. The van der Waals surface area contributed by atoms with E-state index in [2.05, 4.69) is 29.3 Å². The van der Waals surface area contributed by atoms with E-state index >= 15 is 0 Å². The van der Waals surface area contributed by atoms with Crippen molar-refractivity contribution < 1.29 is 9.53 Å². The Morgan fingerprint density at radius 1 is 1.04 bits per heavy atom. The molecule has 0 fully saturated rings. The van der Waals surface area contributed by atoms with E-state index in [-0.39, 0.29) is 11.9 Å². The molecule has 0 spiro atoms. The van der Waals surface area contributed by atoms with E-state index in [0.29, 0.717) is 5.57 Å². The second-order valence-corrected chi connectivity index (χ2v) is 5.83. The molecule has 0 aromatic heterocycles. The van der Waals surface area contributed by atoms with Gasteiger partial charge < -0.3 is 9.64 Å². The van der Waals surface area contributed by atoms with Gasteiger partial charge >= 0.3 is 5.97 Å². The quantitative estimate of drug-likeness (QED) is 0.789. The van der Waals surface area contributed by atoms with Crippen LogP contribution < -0.4 is 0 Å². The maximum atomic E-state index is 12.4. The highest BCUT2D eigenvalue weighted by atomic mass is 16.5.